The zero-order valence-corrected chi connectivity index (χ0v) is 18.3. The monoisotopic (exact) mass is 434 g/mol. The highest BCUT2D eigenvalue weighted by molar-refractivity contribution is 5.83. The lowest BCUT2D eigenvalue weighted by atomic mass is 10.1. The van der Waals surface area contributed by atoms with Crippen LogP contribution in [0.1, 0.15) is 16.7 Å². The lowest BCUT2D eigenvalue weighted by molar-refractivity contribution is -0.123. The van der Waals surface area contributed by atoms with Crippen molar-refractivity contribution in [2.24, 2.45) is 5.10 Å². The van der Waals surface area contributed by atoms with E-state index in [2.05, 4.69) is 10.5 Å². The number of benzene rings is 3. The van der Waals surface area contributed by atoms with Gasteiger partial charge in [-0.3, -0.25) is 4.79 Å². The third kappa shape index (κ3) is 6.50. The zero-order valence-electron chi connectivity index (χ0n) is 18.3. The summed E-state index contributed by atoms with van der Waals surface area (Å²) in [6.07, 6.45) is 1.52. The van der Waals surface area contributed by atoms with Crippen molar-refractivity contribution in [3.8, 4) is 23.0 Å². The number of aryl methyl sites for hydroxylation is 1. The van der Waals surface area contributed by atoms with Crippen LogP contribution in [-0.4, -0.2) is 32.9 Å². The van der Waals surface area contributed by atoms with Crippen LogP contribution in [0.3, 0.4) is 0 Å². The fraction of sp³-hybridized carbons (Fsp3) is 0.200. The molecule has 0 atom stereocenters. The SMILES string of the molecule is COc1cccc(OCC(=O)N/N=C/c2ccc(OCc3ccccc3C)c(OC)c2)c1. The third-order valence-electron chi connectivity index (χ3n) is 4.65. The average Bonchev–Trinajstić information content (AvgIpc) is 2.82. The van der Waals surface area contributed by atoms with Gasteiger partial charge in [0.25, 0.3) is 5.91 Å². The van der Waals surface area contributed by atoms with Crippen molar-refractivity contribution in [3.05, 3.63) is 83.4 Å². The van der Waals surface area contributed by atoms with Crippen LogP contribution in [0.2, 0.25) is 0 Å². The highest BCUT2D eigenvalue weighted by Crippen LogP contribution is 2.28. The molecule has 166 valence electrons. The Morgan fingerprint density at radius 2 is 1.72 bits per heavy atom. The van der Waals surface area contributed by atoms with E-state index in [1.54, 1.807) is 44.6 Å². The number of nitrogens with one attached hydrogen (secondary N) is 1. The Kier molecular flexibility index (Phi) is 8.09. The minimum absolute atomic E-state index is 0.167. The minimum atomic E-state index is -0.380. The molecule has 0 fully saturated rings. The van der Waals surface area contributed by atoms with E-state index in [4.69, 9.17) is 18.9 Å². The number of hydrogen-bond donors (Lipinski definition) is 1. The van der Waals surface area contributed by atoms with E-state index in [1.807, 2.05) is 43.3 Å². The van der Waals surface area contributed by atoms with Crippen LogP contribution in [0.15, 0.2) is 71.8 Å². The maximum absolute atomic E-state index is 12.0. The molecule has 3 aromatic rings. The molecule has 0 aliphatic heterocycles. The van der Waals surface area contributed by atoms with Crippen molar-refractivity contribution in [2.75, 3.05) is 20.8 Å². The van der Waals surface area contributed by atoms with Gasteiger partial charge in [-0.2, -0.15) is 5.10 Å². The highest BCUT2D eigenvalue weighted by atomic mass is 16.5. The van der Waals surface area contributed by atoms with E-state index < -0.39 is 0 Å². The van der Waals surface area contributed by atoms with E-state index in [0.717, 1.165) is 11.1 Å². The molecular weight excluding hydrogens is 408 g/mol. The predicted octanol–water partition coefficient (Wildman–Crippen LogP) is 4.12. The molecule has 0 heterocycles. The molecule has 0 aliphatic carbocycles. The van der Waals surface area contributed by atoms with Gasteiger partial charge in [0, 0.05) is 6.07 Å². The van der Waals surface area contributed by atoms with Gasteiger partial charge in [0.2, 0.25) is 0 Å². The summed E-state index contributed by atoms with van der Waals surface area (Å²) in [4.78, 5) is 12.0. The standard InChI is InChI=1S/C25H26N2O5/c1-18-7-4-5-8-20(18)16-32-23-12-11-19(13-24(23)30-3)15-26-27-25(28)17-31-22-10-6-9-21(14-22)29-2/h4-15H,16-17H2,1-3H3,(H,27,28)/b26-15+. The number of hydrazone groups is 1. The number of nitrogens with zero attached hydrogens (tertiary/aromatic N) is 1. The Bertz CT molecular complexity index is 1080. The number of rotatable bonds is 10. The normalized spacial score (nSPS) is 10.6. The van der Waals surface area contributed by atoms with Crippen LogP contribution in [0.4, 0.5) is 0 Å². The second-order valence-corrected chi connectivity index (χ2v) is 6.89. The van der Waals surface area contributed by atoms with Crippen LogP contribution in [-0.2, 0) is 11.4 Å². The summed E-state index contributed by atoms with van der Waals surface area (Å²) in [6.45, 7) is 2.32. The van der Waals surface area contributed by atoms with Gasteiger partial charge in [0.15, 0.2) is 18.1 Å². The van der Waals surface area contributed by atoms with Crippen LogP contribution >= 0.6 is 0 Å². The summed E-state index contributed by atoms with van der Waals surface area (Å²) >= 11 is 0. The number of methoxy groups -OCH3 is 2. The number of amides is 1. The quantitative estimate of drug-likeness (QED) is 0.384. The average molecular weight is 434 g/mol. The number of carbonyl (C=O) groups is 1. The zero-order chi connectivity index (χ0) is 22.8. The van der Waals surface area contributed by atoms with E-state index in [1.165, 1.54) is 11.8 Å². The van der Waals surface area contributed by atoms with Crippen molar-refractivity contribution >= 4 is 12.1 Å². The minimum Gasteiger partial charge on any atom is -0.497 e. The molecule has 3 aromatic carbocycles. The van der Waals surface area contributed by atoms with E-state index in [0.29, 0.717) is 29.6 Å². The van der Waals surface area contributed by atoms with Gasteiger partial charge >= 0.3 is 0 Å². The number of hydrogen-bond acceptors (Lipinski definition) is 6. The lowest BCUT2D eigenvalue weighted by Gasteiger charge is -2.12. The van der Waals surface area contributed by atoms with Gasteiger partial charge in [0.05, 0.1) is 20.4 Å². The van der Waals surface area contributed by atoms with Gasteiger partial charge in [0.1, 0.15) is 18.1 Å². The van der Waals surface area contributed by atoms with Gasteiger partial charge < -0.3 is 18.9 Å². The fourth-order valence-corrected chi connectivity index (χ4v) is 2.86. The molecule has 7 heteroatoms. The maximum Gasteiger partial charge on any atom is 0.277 e. The summed E-state index contributed by atoms with van der Waals surface area (Å²) in [5.74, 6) is 2.02. The van der Waals surface area contributed by atoms with Crippen molar-refractivity contribution in [2.45, 2.75) is 13.5 Å². The van der Waals surface area contributed by atoms with Gasteiger partial charge in [-0.05, 0) is 53.9 Å². The molecule has 0 aromatic heterocycles. The third-order valence-corrected chi connectivity index (χ3v) is 4.65. The molecule has 32 heavy (non-hydrogen) atoms. The summed E-state index contributed by atoms with van der Waals surface area (Å²) < 4.78 is 21.9. The smallest absolute Gasteiger partial charge is 0.277 e. The first-order chi connectivity index (χ1) is 15.6. The first-order valence-corrected chi connectivity index (χ1v) is 10.0. The first kappa shape index (κ1) is 22.7. The van der Waals surface area contributed by atoms with E-state index in [9.17, 15) is 4.79 Å². The number of ether oxygens (including phenoxy) is 4. The fourth-order valence-electron chi connectivity index (χ4n) is 2.86. The molecule has 0 radical (unpaired) electrons. The topological polar surface area (TPSA) is 78.4 Å². The Morgan fingerprint density at radius 3 is 2.50 bits per heavy atom. The van der Waals surface area contributed by atoms with E-state index >= 15 is 0 Å². The predicted molar refractivity (Wildman–Crippen MR) is 123 cm³/mol. The molecule has 1 amide bonds. The largest absolute Gasteiger partial charge is 0.497 e. The molecule has 0 aliphatic rings. The van der Waals surface area contributed by atoms with Crippen LogP contribution in [0.5, 0.6) is 23.0 Å². The Labute approximate surface area is 187 Å². The lowest BCUT2D eigenvalue weighted by Crippen LogP contribution is -2.24. The first-order valence-electron chi connectivity index (χ1n) is 10.0. The molecule has 0 saturated carbocycles. The summed E-state index contributed by atoms with van der Waals surface area (Å²) in [6, 6.07) is 20.5. The van der Waals surface area contributed by atoms with Gasteiger partial charge in [-0.25, -0.2) is 5.43 Å². The molecule has 7 nitrogen and oxygen atoms in total. The Hall–Kier alpha value is -4.00. The molecule has 1 N–H and O–H groups in total. The van der Waals surface area contributed by atoms with Crippen LogP contribution in [0, 0.1) is 6.92 Å². The van der Waals surface area contributed by atoms with Crippen molar-refractivity contribution in [3.63, 3.8) is 0 Å². The van der Waals surface area contributed by atoms with Crippen molar-refractivity contribution in [1.29, 1.82) is 0 Å². The van der Waals surface area contributed by atoms with Crippen molar-refractivity contribution < 1.29 is 23.7 Å². The maximum atomic E-state index is 12.0. The molecule has 3 rings (SSSR count). The van der Waals surface area contributed by atoms with E-state index in [-0.39, 0.29) is 12.5 Å². The number of carbonyl (C=O) groups excluding carboxylic acids is 1. The second-order valence-electron chi connectivity index (χ2n) is 6.89. The molecule has 0 bridgehead atoms. The van der Waals surface area contributed by atoms with Gasteiger partial charge in [-0.1, -0.05) is 30.3 Å². The Balaban J connectivity index is 1.52. The second kappa shape index (κ2) is 11.4. The van der Waals surface area contributed by atoms with Crippen LogP contribution in [0.25, 0.3) is 0 Å². The summed E-state index contributed by atoms with van der Waals surface area (Å²) in [7, 11) is 3.15. The molecule has 0 saturated heterocycles. The molecular formula is C25H26N2O5. The highest BCUT2D eigenvalue weighted by Gasteiger charge is 2.07. The molecule has 0 unspecified atom stereocenters. The Morgan fingerprint density at radius 1 is 0.906 bits per heavy atom. The summed E-state index contributed by atoms with van der Waals surface area (Å²) in [5.41, 5.74) is 5.46. The van der Waals surface area contributed by atoms with Crippen molar-refractivity contribution in [1.82, 2.24) is 5.43 Å². The summed E-state index contributed by atoms with van der Waals surface area (Å²) in [5, 5.41) is 3.97. The van der Waals surface area contributed by atoms with Gasteiger partial charge in [-0.15, -0.1) is 0 Å². The van der Waals surface area contributed by atoms with Crippen LogP contribution < -0.4 is 24.4 Å². The molecule has 0 spiro atoms.